The Morgan fingerprint density at radius 3 is 1.49 bits per heavy atom. The molecule has 0 aliphatic carbocycles. The predicted molar refractivity (Wildman–Crippen MR) is 384 cm³/mol. The number of ether oxygens (including phenoxy) is 6. The Hall–Kier alpha value is -10.3. The highest BCUT2D eigenvalue weighted by molar-refractivity contribution is 6.04. The first-order valence-electron chi connectivity index (χ1n) is 34.5. The highest BCUT2D eigenvalue weighted by Gasteiger charge is 2.40. The monoisotopic (exact) mass is 1400 g/mol. The number of benzene rings is 4. The third kappa shape index (κ3) is 23.1. The molecule has 4 unspecified atom stereocenters. The number of carbonyl (C=O) groups excluding carboxylic acids is 5. The van der Waals surface area contributed by atoms with Crippen LogP contribution < -0.4 is 22.0 Å². The number of hydrogen-bond acceptors (Lipinski definition) is 19. The lowest BCUT2D eigenvalue weighted by Gasteiger charge is -2.38. The highest BCUT2D eigenvalue weighted by Crippen LogP contribution is 2.33. The van der Waals surface area contributed by atoms with Crippen molar-refractivity contribution in [1.29, 1.82) is 0 Å². The van der Waals surface area contributed by atoms with Crippen molar-refractivity contribution in [2.45, 2.75) is 140 Å². The summed E-state index contributed by atoms with van der Waals surface area (Å²) in [5, 5.41) is 24.5. The zero-order valence-corrected chi connectivity index (χ0v) is 57.9. The van der Waals surface area contributed by atoms with Crippen LogP contribution in [0.25, 0.3) is 0 Å². The summed E-state index contributed by atoms with van der Waals surface area (Å²) in [4.78, 5) is 104. The molecule has 540 valence electrons. The minimum absolute atomic E-state index is 0.0439. The number of piperidine rings is 2. The fourth-order valence-corrected chi connectivity index (χ4v) is 12.4. The van der Waals surface area contributed by atoms with Crippen molar-refractivity contribution in [2.24, 2.45) is 0 Å². The van der Waals surface area contributed by atoms with Crippen molar-refractivity contribution in [3.63, 3.8) is 0 Å². The molecule has 102 heavy (non-hydrogen) atoms. The van der Waals surface area contributed by atoms with Gasteiger partial charge >= 0.3 is 29.7 Å². The Morgan fingerprint density at radius 1 is 0.618 bits per heavy atom. The van der Waals surface area contributed by atoms with E-state index >= 15 is 0 Å². The summed E-state index contributed by atoms with van der Waals surface area (Å²) in [5.74, 6) is 4.81. The predicted octanol–water partition coefficient (Wildman–Crippen LogP) is 9.57. The molecule has 2 aromatic heterocycles. The molecular formula is C77H92N10O15. The summed E-state index contributed by atoms with van der Waals surface area (Å²) in [5.41, 5.74) is 3.55. The topological polar surface area (TPSA) is 288 Å². The van der Waals surface area contributed by atoms with Crippen molar-refractivity contribution < 1.29 is 62.6 Å². The van der Waals surface area contributed by atoms with Crippen LogP contribution in [0.15, 0.2) is 169 Å². The molecule has 4 saturated heterocycles. The number of nitrogens with one attached hydrogen (secondary N) is 2. The number of terminal acetylenes is 2. The van der Waals surface area contributed by atoms with Gasteiger partial charge in [-0.2, -0.15) is 9.97 Å². The smallest absolute Gasteiger partial charge is 0.445 e. The van der Waals surface area contributed by atoms with Gasteiger partial charge in [0.1, 0.15) is 50.0 Å². The molecule has 25 nitrogen and oxygen atoms in total. The number of amides is 4. The summed E-state index contributed by atoms with van der Waals surface area (Å²) >= 11 is 0. The number of carbonyl (C=O) groups is 5. The van der Waals surface area contributed by atoms with Gasteiger partial charge in [0.05, 0.1) is 24.9 Å². The third-order valence-corrected chi connectivity index (χ3v) is 17.7. The van der Waals surface area contributed by atoms with Gasteiger partial charge in [-0.05, 0) is 123 Å². The van der Waals surface area contributed by atoms with E-state index in [4.69, 9.17) is 41.3 Å². The number of aliphatic hydroxyl groups is 2. The van der Waals surface area contributed by atoms with Gasteiger partial charge in [-0.3, -0.25) is 28.5 Å². The normalized spacial score (nSPS) is 19.8. The average Bonchev–Trinajstić information content (AvgIpc) is 1.63. The first-order valence-corrected chi connectivity index (χ1v) is 34.5. The third-order valence-electron chi connectivity index (χ3n) is 17.7. The zero-order chi connectivity index (χ0) is 72.8. The molecule has 25 heteroatoms. The number of aromatic nitrogens is 4. The molecule has 8 atom stereocenters. The molecule has 0 bridgehead atoms. The number of likely N-dealkylation sites (tertiary alicyclic amines) is 2. The molecule has 4 aliphatic rings. The number of hydrogen-bond donors (Lipinski definition) is 4. The Labute approximate surface area is 595 Å². The van der Waals surface area contributed by atoms with Crippen LogP contribution >= 0.6 is 0 Å². The van der Waals surface area contributed by atoms with E-state index in [0.717, 1.165) is 60.8 Å². The molecule has 4 aliphatic heterocycles. The molecule has 0 radical (unpaired) electrons. The number of nitrogens with zero attached hydrogens (tertiary/aromatic N) is 8. The second-order valence-electron chi connectivity index (χ2n) is 24.8. The van der Waals surface area contributed by atoms with E-state index in [1.807, 2.05) is 73.3 Å². The van der Waals surface area contributed by atoms with Crippen molar-refractivity contribution in [2.75, 3.05) is 76.3 Å². The van der Waals surface area contributed by atoms with Gasteiger partial charge in [-0.25, -0.2) is 24.0 Å². The SMILES string of the molecule is C#Cc1ccc(CN(CCO)CC2CCCCN2C(=O)OCC=C)cc1.C#Cc1ccc(CN(CCOC(=O)OC2C[C@H](n3ccc(NC(=O)c4ccccc4)nc3=O)O[C@@H]2CC)CC2CCCCN2C(=O)OCC=C)cc1.CC[C@H]1O[C@@H](n2ccc(NC(=O)c3ccccc3)nc2=O)CC1O. The van der Waals surface area contributed by atoms with Gasteiger partial charge in [0.25, 0.3) is 11.8 Å². The minimum Gasteiger partial charge on any atom is -0.445 e. The van der Waals surface area contributed by atoms with E-state index in [9.17, 15) is 43.8 Å². The van der Waals surface area contributed by atoms with Crippen molar-refractivity contribution in [3.8, 4) is 24.7 Å². The lowest BCUT2D eigenvalue weighted by Crippen LogP contribution is -2.50. The first kappa shape index (κ1) is 77.5. The first-order chi connectivity index (χ1) is 49.5. The van der Waals surface area contributed by atoms with Crippen LogP contribution in [0, 0.1) is 24.7 Å². The number of rotatable bonds is 26. The molecule has 4 N–H and O–H groups in total. The van der Waals surface area contributed by atoms with Crippen LogP contribution in [-0.2, 0) is 41.5 Å². The van der Waals surface area contributed by atoms with Gasteiger partial charge in [0, 0.05) is 112 Å². The van der Waals surface area contributed by atoms with Crippen LogP contribution in [0.4, 0.5) is 26.0 Å². The van der Waals surface area contributed by atoms with E-state index in [0.29, 0.717) is 82.7 Å². The minimum atomic E-state index is -0.845. The fraction of sp³-hybridized carbons (Fsp3) is 0.416. The molecule has 10 rings (SSSR count). The van der Waals surface area contributed by atoms with Crippen molar-refractivity contribution in [1.82, 2.24) is 38.7 Å². The fourth-order valence-electron chi connectivity index (χ4n) is 12.4. The van der Waals surface area contributed by atoms with Crippen LogP contribution in [0.2, 0.25) is 0 Å². The largest absolute Gasteiger partial charge is 0.508 e. The van der Waals surface area contributed by atoms with Crippen molar-refractivity contribution >= 4 is 41.8 Å². The Balaban J connectivity index is 0.000000219. The number of anilines is 2. The maximum Gasteiger partial charge on any atom is 0.508 e. The second-order valence-corrected chi connectivity index (χ2v) is 24.8. The van der Waals surface area contributed by atoms with Gasteiger partial charge in [0.2, 0.25) is 0 Å². The summed E-state index contributed by atoms with van der Waals surface area (Å²) < 4.78 is 36.2. The van der Waals surface area contributed by atoms with Crippen molar-refractivity contribution in [3.05, 3.63) is 213 Å². The average molecular weight is 1400 g/mol. The maximum atomic E-state index is 12.9. The van der Waals surface area contributed by atoms with Crippen LogP contribution in [0.5, 0.6) is 0 Å². The van der Waals surface area contributed by atoms with E-state index in [1.54, 1.807) is 71.6 Å². The molecule has 4 fully saturated rings. The molecule has 0 saturated carbocycles. The maximum absolute atomic E-state index is 12.9. The van der Waals surface area contributed by atoms with Gasteiger partial charge in [-0.1, -0.05) is 112 Å². The Kier molecular flexibility index (Phi) is 30.6. The zero-order valence-electron chi connectivity index (χ0n) is 57.9. The van der Waals surface area contributed by atoms with Gasteiger partial charge < -0.3 is 59.1 Å². The molecule has 4 aromatic carbocycles. The van der Waals surface area contributed by atoms with Crippen LogP contribution in [0.1, 0.15) is 133 Å². The molecule has 0 spiro atoms. The molecular weight excluding hydrogens is 1300 g/mol. The van der Waals surface area contributed by atoms with Crippen LogP contribution in [0.3, 0.4) is 0 Å². The Bertz CT molecular complexity index is 3920. The van der Waals surface area contributed by atoms with Gasteiger partial charge in [-0.15, -0.1) is 12.8 Å². The molecule has 4 amide bonds. The highest BCUT2D eigenvalue weighted by atomic mass is 16.7. The summed E-state index contributed by atoms with van der Waals surface area (Å²) in [7, 11) is 0. The lowest BCUT2D eigenvalue weighted by atomic mass is 10.0. The van der Waals surface area contributed by atoms with E-state index in [-0.39, 0.29) is 86.7 Å². The summed E-state index contributed by atoms with van der Waals surface area (Å²) in [6, 6.07) is 35.9. The van der Waals surface area contributed by atoms with E-state index < -0.39 is 48.3 Å². The molecule has 6 aromatic rings. The van der Waals surface area contributed by atoms with E-state index in [2.05, 4.69) is 55.4 Å². The number of aliphatic hydroxyl groups excluding tert-OH is 2. The van der Waals surface area contributed by atoms with Gasteiger partial charge in [0.15, 0.2) is 0 Å². The Morgan fingerprint density at radius 2 is 1.07 bits per heavy atom. The van der Waals surface area contributed by atoms with E-state index in [1.165, 1.54) is 33.7 Å². The molecule has 6 heterocycles. The standard InChI is InChI=1S/C39H45N5O8.C21H28N2O3.C17H19N3O4/c1-4-23-49-38(47)43-20-11-10-14-31(43)27-42(26-29-17-15-28(5-2)16-18-29)22-24-50-39(48)52-33-25-35(51-32(33)6-3)44-21-19-34(41-37(44)46)40-36(45)30-12-8-7-9-13-30;1-3-15-26-21(25)23-12-6-5-7-20(23)17-22(13-14-24)16-19-10-8-18(4-2)9-11-19;1-2-13-12(21)10-15(24-13)20-9-8-14(19-17(20)23)18-16(22)11-6-4-3-5-7-11/h2,4,7-9,12-13,15-19,21,31-33,35H,1,6,10-11,14,20,22-27H2,3H3,(H,40,41,45,46);2-3,8-11,20,24H,1,5-7,12-17H2;3-9,12-13,15,21H,2,10H2,1H3,(H,18,19,22,23)/t31?,32-,33?,35-;;12?,13-,15-/m1.1/s1. The summed E-state index contributed by atoms with van der Waals surface area (Å²) in [6.07, 6.45) is 19.8. The lowest BCUT2D eigenvalue weighted by molar-refractivity contribution is -0.0384. The summed E-state index contributed by atoms with van der Waals surface area (Å²) in [6.45, 7) is 16.3. The second kappa shape index (κ2) is 40.3. The quantitative estimate of drug-likeness (QED) is 0.0170. The van der Waals surface area contributed by atoms with Crippen LogP contribution in [-0.4, -0.2) is 181 Å².